The summed E-state index contributed by atoms with van der Waals surface area (Å²) in [6, 6.07) is 10.4. The second-order valence-corrected chi connectivity index (χ2v) is 6.81. The highest BCUT2D eigenvalue weighted by molar-refractivity contribution is 6.02. The van der Waals surface area contributed by atoms with Crippen LogP contribution in [0.3, 0.4) is 0 Å². The van der Waals surface area contributed by atoms with Gasteiger partial charge in [-0.3, -0.25) is 5.10 Å². The molecule has 4 heteroatoms. The number of aromatic nitrogens is 2. The molecule has 3 rings (SSSR count). The van der Waals surface area contributed by atoms with Crippen molar-refractivity contribution in [2.45, 2.75) is 33.2 Å². The summed E-state index contributed by atoms with van der Waals surface area (Å²) < 4.78 is 5.75. The first kappa shape index (κ1) is 15.4. The molecule has 23 heavy (non-hydrogen) atoms. The number of rotatable bonds is 3. The molecule has 0 bridgehead atoms. The van der Waals surface area contributed by atoms with Crippen molar-refractivity contribution in [3.05, 3.63) is 42.1 Å². The lowest BCUT2D eigenvalue weighted by molar-refractivity contribution is 0.419. The minimum atomic E-state index is -0.0864. The summed E-state index contributed by atoms with van der Waals surface area (Å²) in [6.07, 6.45) is 1.86. The molecule has 0 spiro atoms. The van der Waals surface area contributed by atoms with Crippen molar-refractivity contribution >= 4 is 16.6 Å². The standard InChI is InChI=1S/C19H23N3O/c1-12-14-11-20-22-16(14)18(23-5)17(21-19(2,3)4)15(12)13-9-7-6-8-10-13/h6-11,21H,1-5H3,(H,20,22). The van der Waals surface area contributed by atoms with Crippen molar-refractivity contribution < 1.29 is 4.74 Å². The number of fused-ring (bicyclic) bond motifs is 1. The van der Waals surface area contributed by atoms with Crippen molar-refractivity contribution in [1.29, 1.82) is 0 Å². The number of hydrogen-bond acceptors (Lipinski definition) is 3. The second-order valence-electron chi connectivity index (χ2n) is 6.81. The van der Waals surface area contributed by atoms with Gasteiger partial charge in [-0.25, -0.2) is 0 Å². The van der Waals surface area contributed by atoms with Crippen LogP contribution in [0.1, 0.15) is 26.3 Å². The average Bonchev–Trinajstić information content (AvgIpc) is 2.97. The molecule has 3 aromatic rings. The van der Waals surface area contributed by atoms with Crippen LogP contribution < -0.4 is 10.1 Å². The van der Waals surface area contributed by atoms with Gasteiger partial charge in [0.2, 0.25) is 0 Å². The van der Waals surface area contributed by atoms with Crippen molar-refractivity contribution in [2.24, 2.45) is 0 Å². The zero-order valence-electron chi connectivity index (χ0n) is 14.3. The normalized spacial score (nSPS) is 11.7. The first-order valence-corrected chi connectivity index (χ1v) is 7.79. The molecule has 1 heterocycles. The van der Waals surface area contributed by atoms with E-state index in [1.807, 2.05) is 12.3 Å². The number of ether oxygens (including phenoxy) is 1. The first-order valence-electron chi connectivity index (χ1n) is 7.79. The maximum atomic E-state index is 5.75. The lowest BCUT2D eigenvalue weighted by Gasteiger charge is -2.27. The van der Waals surface area contributed by atoms with Crippen LogP contribution in [-0.2, 0) is 0 Å². The fraction of sp³-hybridized carbons (Fsp3) is 0.316. The van der Waals surface area contributed by atoms with E-state index in [0.717, 1.165) is 33.5 Å². The van der Waals surface area contributed by atoms with Gasteiger partial charge in [0.15, 0.2) is 5.75 Å². The predicted octanol–water partition coefficient (Wildman–Crippen LogP) is 4.76. The van der Waals surface area contributed by atoms with Crippen LogP contribution in [0.25, 0.3) is 22.0 Å². The Labute approximate surface area is 136 Å². The van der Waals surface area contributed by atoms with Crippen LogP contribution in [-0.4, -0.2) is 22.8 Å². The lowest BCUT2D eigenvalue weighted by Crippen LogP contribution is -2.27. The number of nitrogens with zero attached hydrogens (tertiary/aromatic N) is 1. The number of hydrogen-bond donors (Lipinski definition) is 2. The van der Waals surface area contributed by atoms with Gasteiger partial charge in [-0.05, 0) is 38.8 Å². The summed E-state index contributed by atoms with van der Waals surface area (Å²) in [7, 11) is 1.70. The van der Waals surface area contributed by atoms with Gasteiger partial charge in [0, 0.05) is 16.5 Å². The third-order valence-electron chi connectivity index (χ3n) is 3.89. The Morgan fingerprint density at radius 3 is 2.43 bits per heavy atom. The summed E-state index contributed by atoms with van der Waals surface area (Å²) >= 11 is 0. The summed E-state index contributed by atoms with van der Waals surface area (Å²) in [5.74, 6) is 0.803. The molecule has 0 saturated heterocycles. The van der Waals surface area contributed by atoms with Crippen molar-refractivity contribution in [3.63, 3.8) is 0 Å². The Morgan fingerprint density at radius 2 is 1.83 bits per heavy atom. The zero-order chi connectivity index (χ0) is 16.6. The number of aryl methyl sites for hydroxylation is 1. The maximum absolute atomic E-state index is 5.75. The number of benzene rings is 2. The van der Waals surface area contributed by atoms with Crippen molar-refractivity contribution in [2.75, 3.05) is 12.4 Å². The van der Waals surface area contributed by atoms with E-state index >= 15 is 0 Å². The number of anilines is 1. The summed E-state index contributed by atoms with van der Waals surface area (Å²) in [5, 5.41) is 12.0. The molecular weight excluding hydrogens is 286 g/mol. The Bertz CT molecular complexity index is 829. The van der Waals surface area contributed by atoms with Gasteiger partial charge in [-0.2, -0.15) is 5.10 Å². The number of nitrogens with one attached hydrogen (secondary N) is 2. The van der Waals surface area contributed by atoms with E-state index in [1.54, 1.807) is 7.11 Å². The molecule has 0 unspecified atom stereocenters. The third-order valence-corrected chi connectivity index (χ3v) is 3.89. The zero-order valence-corrected chi connectivity index (χ0v) is 14.3. The summed E-state index contributed by atoms with van der Waals surface area (Å²) in [6.45, 7) is 8.57. The van der Waals surface area contributed by atoms with E-state index in [1.165, 1.54) is 5.56 Å². The van der Waals surface area contributed by atoms with Crippen LogP contribution >= 0.6 is 0 Å². The van der Waals surface area contributed by atoms with Crippen LogP contribution in [0.2, 0.25) is 0 Å². The Kier molecular flexibility index (Phi) is 3.76. The van der Waals surface area contributed by atoms with E-state index in [0.29, 0.717) is 0 Å². The molecule has 0 aliphatic rings. The summed E-state index contributed by atoms with van der Waals surface area (Å²) in [4.78, 5) is 0. The van der Waals surface area contributed by atoms with E-state index in [4.69, 9.17) is 4.74 Å². The Morgan fingerprint density at radius 1 is 1.13 bits per heavy atom. The smallest absolute Gasteiger partial charge is 0.168 e. The average molecular weight is 309 g/mol. The highest BCUT2D eigenvalue weighted by Gasteiger charge is 2.23. The fourth-order valence-corrected chi connectivity index (χ4v) is 2.97. The highest BCUT2D eigenvalue weighted by Crippen LogP contribution is 2.45. The van der Waals surface area contributed by atoms with E-state index in [-0.39, 0.29) is 5.54 Å². The molecule has 2 aromatic carbocycles. The van der Waals surface area contributed by atoms with Crippen molar-refractivity contribution in [1.82, 2.24) is 10.2 Å². The topological polar surface area (TPSA) is 49.9 Å². The van der Waals surface area contributed by atoms with Crippen molar-refractivity contribution in [3.8, 4) is 16.9 Å². The number of aromatic amines is 1. The van der Waals surface area contributed by atoms with Crippen LogP contribution in [0.4, 0.5) is 5.69 Å². The predicted molar refractivity (Wildman–Crippen MR) is 96.2 cm³/mol. The molecule has 4 nitrogen and oxygen atoms in total. The fourth-order valence-electron chi connectivity index (χ4n) is 2.97. The van der Waals surface area contributed by atoms with E-state index in [9.17, 15) is 0 Å². The SMILES string of the molecule is COc1c(NC(C)(C)C)c(-c2ccccc2)c(C)c2cn[nH]c12. The lowest BCUT2D eigenvalue weighted by atomic mass is 9.93. The van der Waals surface area contributed by atoms with Gasteiger partial charge in [0.05, 0.1) is 19.0 Å². The van der Waals surface area contributed by atoms with Crippen LogP contribution in [0.5, 0.6) is 5.75 Å². The molecule has 0 amide bonds. The van der Waals surface area contributed by atoms with Gasteiger partial charge in [-0.15, -0.1) is 0 Å². The molecule has 0 atom stereocenters. The summed E-state index contributed by atoms with van der Waals surface area (Å²) in [5.41, 5.74) is 5.35. The molecule has 120 valence electrons. The second kappa shape index (κ2) is 5.61. The molecule has 2 N–H and O–H groups in total. The van der Waals surface area contributed by atoms with Gasteiger partial charge >= 0.3 is 0 Å². The minimum Gasteiger partial charge on any atom is -0.492 e. The first-order chi connectivity index (χ1) is 10.9. The Hall–Kier alpha value is -2.49. The molecule has 0 aliphatic carbocycles. The molecule has 0 radical (unpaired) electrons. The Balaban J connectivity index is 2.39. The van der Waals surface area contributed by atoms with Gasteiger partial charge in [0.25, 0.3) is 0 Å². The van der Waals surface area contributed by atoms with Gasteiger partial charge in [-0.1, -0.05) is 30.3 Å². The molecule has 0 fully saturated rings. The molecule has 1 aromatic heterocycles. The van der Waals surface area contributed by atoms with E-state index < -0.39 is 0 Å². The maximum Gasteiger partial charge on any atom is 0.168 e. The molecule has 0 aliphatic heterocycles. The quantitative estimate of drug-likeness (QED) is 0.733. The number of methoxy groups -OCH3 is 1. The van der Waals surface area contributed by atoms with Gasteiger partial charge < -0.3 is 10.1 Å². The highest BCUT2D eigenvalue weighted by atomic mass is 16.5. The third kappa shape index (κ3) is 2.77. The van der Waals surface area contributed by atoms with Gasteiger partial charge in [0.1, 0.15) is 5.52 Å². The van der Waals surface area contributed by atoms with Crippen LogP contribution in [0, 0.1) is 6.92 Å². The number of H-pyrrole nitrogens is 1. The largest absolute Gasteiger partial charge is 0.492 e. The molecular formula is C19H23N3O. The van der Waals surface area contributed by atoms with E-state index in [2.05, 4.69) is 67.5 Å². The van der Waals surface area contributed by atoms with Crippen LogP contribution in [0.15, 0.2) is 36.5 Å². The molecule has 0 saturated carbocycles. The minimum absolute atomic E-state index is 0.0864. The monoisotopic (exact) mass is 309 g/mol.